The number of carbonyl (C=O) groups excluding carboxylic acids is 1. The van der Waals surface area contributed by atoms with Crippen LogP contribution in [0.1, 0.15) is 11.8 Å². The highest BCUT2D eigenvalue weighted by Gasteiger charge is 2.27. The van der Waals surface area contributed by atoms with Crippen LogP contribution < -0.4 is 4.31 Å². The maximum atomic E-state index is 13.3. The van der Waals surface area contributed by atoms with E-state index in [2.05, 4.69) is 19.8 Å². The first kappa shape index (κ1) is 26.8. The number of carbonyl (C=O) groups is 1. The molecule has 1 amide bonds. The van der Waals surface area contributed by atoms with Crippen molar-refractivity contribution in [3.63, 3.8) is 0 Å². The second kappa shape index (κ2) is 11.1. The zero-order chi connectivity index (χ0) is 26.9. The van der Waals surface area contributed by atoms with Crippen molar-refractivity contribution in [2.75, 3.05) is 57.7 Å². The zero-order valence-corrected chi connectivity index (χ0v) is 24.2. The second-order valence-corrected chi connectivity index (χ2v) is 13.7. The van der Waals surface area contributed by atoms with Gasteiger partial charge in [0.2, 0.25) is 5.91 Å². The first-order chi connectivity index (χ1) is 18.3. The number of nitrogens with zero attached hydrogens (tertiary/aromatic N) is 5. The van der Waals surface area contributed by atoms with Crippen LogP contribution in [-0.4, -0.2) is 92.4 Å². The molecule has 0 spiro atoms. The molecule has 1 saturated heterocycles. The minimum atomic E-state index is -3.65. The Morgan fingerprint density at radius 2 is 1.87 bits per heavy atom. The molecule has 1 N–H and O–H groups in total. The maximum absolute atomic E-state index is 13.3. The number of H-pyrrole nitrogens is 1. The number of thiazole rings is 1. The van der Waals surface area contributed by atoms with Crippen LogP contribution in [0.25, 0.3) is 21.6 Å². The number of benzene rings is 1. The minimum Gasteiger partial charge on any atom is -0.351 e. The lowest BCUT2D eigenvalue weighted by molar-refractivity contribution is -0.130. The first-order valence-corrected chi connectivity index (χ1v) is 15.7. The summed E-state index contributed by atoms with van der Waals surface area (Å²) in [6.45, 7) is 7.03. The number of anilines is 1. The Bertz CT molecular complexity index is 1500. The van der Waals surface area contributed by atoms with Gasteiger partial charge in [-0.3, -0.25) is 18.9 Å². The Labute approximate surface area is 231 Å². The van der Waals surface area contributed by atoms with Crippen LogP contribution in [0.5, 0.6) is 0 Å². The van der Waals surface area contributed by atoms with Crippen molar-refractivity contribution in [3.05, 3.63) is 52.9 Å². The third-order valence-corrected chi connectivity index (χ3v) is 11.0. The fourth-order valence-corrected chi connectivity index (χ4v) is 8.13. The highest BCUT2D eigenvalue weighted by molar-refractivity contribution is 7.94. The van der Waals surface area contributed by atoms with Crippen LogP contribution in [0.2, 0.25) is 0 Å². The minimum absolute atomic E-state index is 0.137. The van der Waals surface area contributed by atoms with Gasteiger partial charge in [-0.2, -0.15) is 0 Å². The molecular weight excluding hydrogens is 541 g/mol. The van der Waals surface area contributed by atoms with Crippen molar-refractivity contribution in [1.82, 2.24) is 24.7 Å². The smallest absolute Gasteiger partial charge is 0.273 e. The molecule has 4 aromatic rings. The number of aromatic amines is 1. The van der Waals surface area contributed by atoms with E-state index in [9.17, 15) is 13.2 Å². The molecule has 0 bridgehead atoms. The molecule has 202 valence electrons. The number of aromatic nitrogens is 2. The fourth-order valence-electron chi connectivity index (χ4n) is 4.62. The molecule has 3 aromatic heterocycles. The summed E-state index contributed by atoms with van der Waals surface area (Å²) in [5, 5.41) is 3.60. The first-order valence-electron chi connectivity index (χ1n) is 12.5. The molecule has 5 rings (SSSR count). The highest BCUT2D eigenvalue weighted by Crippen LogP contribution is 2.35. The molecule has 9 nitrogen and oxygen atoms in total. The van der Waals surface area contributed by atoms with E-state index in [1.807, 2.05) is 37.4 Å². The van der Waals surface area contributed by atoms with E-state index < -0.39 is 10.0 Å². The summed E-state index contributed by atoms with van der Waals surface area (Å²) in [6.07, 6.45) is 1.92. The molecule has 1 aliphatic heterocycles. The van der Waals surface area contributed by atoms with E-state index in [4.69, 9.17) is 0 Å². The fraction of sp³-hybridized carbons (Fsp3) is 0.385. The van der Waals surface area contributed by atoms with E-state index in [0.717, 1.165) is 54.3 Å². The number of fused-ring (bicyclic) bond motifs is 1. The Morgan fingerprint density at radius 1 is 1.11 bits per heavy atom. The van der Waals surface area contributed by atoms with Gasteiger partial charge in [0.05, 0.1) is 23.4 Å². The van der Waals surface area contributed by atoms with Gasteiger partial charge in [-0.15, -0.1) is 22.7 Å². The van der Waals surface area contributed by atoms with Crippen molar-refractivity contribution >= 4 is 55.2 Å². The normalized spacial score (nSPS) is 15.2. The van der Waals surface area contributed by atoms with Crippen LogP contribution in [0.3, 0.4) is 0 Å². The number of thiophene rings is 1. The van der Waals surface area contributed by atoms with Crippen LogP contribution in [0, 0.1) is 0 Å². The third-order valence-electron chi connectivity index (χ3n) is 6.72. The quantitative estimate of drug-likeness (QED) is 0.328. The molecule has 0 atom stereocenters. The summed E-state index contributed by atoms with van der Waals surface area (Å²) in [4.78, 5) is 27.5. The number of hydrogen-bond donors (Lipinski definition) is 1. The van der Waals surface area contributed by atoms with Gasteiger partial charge in [0.15, 0.2) is 0 Å². The molecule has 38 heavy (non-hydrogen) atoms. The lowest BCUT2D eigenvalue weighted by Crippen LogP contribution is -2.48. The number of para-hydroxylation sites is 1. The van der Waals surface area contributed by atoms with Crippen molar-refractivity contribution in [3.8, 4) is 10.7 Å². The van der Waals surface area contributed by atoms with Crippen LogP contribution in [0.4, 0.5) is 5.69 Å². The van der Waals surface area contributed by atoms with Gasteiger partial charge >= 0.3 is 0 Å². The summed E-state index contributed by atoms with van der Waals surface area (Å²) in [7, 11) is -0.0614. The van der Waals surface area contributed by atoms with E-state index in [1.54, 1.807) is 47.8 Å². The zero-order valence-electron chi connectivity index (χ0n) is 21.8. The average Bonchev–Trinajstić information content (AvgIpc) is 3.66. The second-order valence-electron chi connectivity index (χ2n) is 9.50. The summed E-state index contributed by atoms with van der Waals surface area (Å²) >= 11 is 2.87. The van der Waals surface area contributed by atoms with E-state index in [0.29, 0.717) is 23.0 Å². The van der Waals surface area contributed by atoms with Gasteiger partial charge in [0.1, 0.15) is 9.22 Å². The Balaban J connectivity index is 1.31. The highest BCUT2D eigenvalue weighted by atomic mass is 32.2. The Hall–Kier alpha value is -2.77. The molecule has 1 fully saturated rings. The van der Waals surface area contributed by atoms with Gasteiger partial charge < -0.3 is 9.88 Å². The van der Waals surface area contributed by atoms with E-state index >= 15 is 0 Å². The number of likely N-dealkylation sites (N-methyl/N-ethyl adjacent to an activating group) is 1. The number of nitrogens with one attached hydrogen (secondary N) is 1. The van der Waals surface area contributed by atoms with Gasteiger partial charge in [0.25, 0.3) is 10.0 Å². The summed E-state index contributed by atoms with van der Waals surface area (Å²) in [5.41, 5.74) is 2.29. The lowest BCUT2D eigenvalue weighted by Gasteiger charge is -2.34. The van der Waals surface area contributed by atoms with Gasteiger partial charge in [0, 0.05) is 69.8 Å². The molecule has 0 aliphatic carbocycles. The predicted octanol–water partition coefficient (Wildman–Crippen LogP) is 3.77. The monoisotopic (exact) mass is 572 g/mol. The third kappa shape index (κ3) is 5.50. The summed E-state index contributed by atoms with van der Waals surface area (Å²) in [6, 6.07) is 11.2. The molecule has 0 unspecified atom stereocenters. The standard InChI is InChI=1S/C26H32N6O3S3/c1-4-32(38(34,35)24-9-6-14-36-24)22-8-5-7-19-15-21(28-25(19)22)26-27-16-20(37-26)17-30-10-12-31(13-11-30)18-23(33)29(2)3/h5-9,14-16,28H,4,10-13,17-18H2,1-3H3. The van der Waals surface area contributed by atoms with Crippen molar-refractivity contribution < 1.29 is 13.2 Å². The van der Waals surface area contributed by atoms with Gasteiger partial charge in [-0.25, -0.2) is 13.4 Å². The number of amides is 1. The number of hydrogen-bond acceptors (Lipinski definition) is 8. The molecule has 0 radical (unpaired) electrons. The molecule has 1 aliphatic rings. The largest absolute Gasteiger partial charge is 0.351 e. The van der Waals surface area contributed by atoms with Crippen LogP contribution >= 0.6 is 22.7 Å². The molecule has 4 heterocycles. The molecule has 1 aromatic carbocycles. The predicted molar refractivity (Wildman–Crippen MR) is 154 cm³/mol. The molecular formula is C26H32N6O3S3. The molecule has 12 heteroatoms. The summed E-state index contributed by atoms with van der Waals surface area (Å²) < 4.78 is 28.4. The van der Waals surface area contributed by atoms with Crippen LogP contribution in [0.15, 0.2) is 52.2 Å². The lowest BCUT2D eigenvalue weighted by atomic mass is 10.2. The van der Waals surface area contributed by atoms with Crippen LogP contribution in [-0.2, 0) is 21.4 Å². The van der Waals surface area contributed by atoms with E-state index in [1.165, 1.54) is 20.5 Å². The number of sulfonamides is 1. The van der Waals surface area contributed by atoms with Crippen molar-refractivity contribution in [2.24, 2.45) is 0 Å². The average molecular weight is 573 g/mol. The van der Waals surface area contributed by atoms with Gasteiger partial charge in [-0.1, -0.05) is 18.2 Å². The summed E-state index contributed by atoms with van der Waals surface area (Å²) in [5.74, 6) is 0.137. The van der Waals surface area contributed by atoms with Crippen molar-refractivity contribution in [2.45, 2.75) is 17.7 Å². The van der Waals surface area contributed by atoms with Crippen molar-refractivity contribution in [1.29, 1.82) is 0 Å². The Morgan fingerprint density at radius 3 is 2.55 bits per heavy atom. The Kier molecular flexibility index (Phi) is 7.87. The maximum Gasteiger partial charge on any atom is 0.273 e. The van der Waals surface area contributed by atoms with Gasteiger partial charge in [-0.05, 0) is 30.5 Å². The number of rotatable bonds is 9. The SMILES string of the molecule is CCN(c1cccc2cc(-c3ncc(CN4CCN(CC(=O)N(C)C)CC4)s3)[nH]c12)S(=O)(=O)c1cccs1. The number of piperazine rings is 1. The van der Waals surface area contributed by atoms with E-state index in [-0.39, 0.29) is 5.91 Å². The topological polar surface area (TPSA) is 92.8 Å². The molecule has 0 saturated carbocycles.